The van der Waals surface area contributed by atoms with Crippen molar-refractivity contribution in [2.24, 2.45) is 5.92 Å². The Balaban J connectivity index is 4.49. The van der Waals surface area contributed by atoms with Crippen LogP contribution >= 0.6 is 39.9 Å². The Kier molecular flexibility index (Phi) is 4.77. The zero-order valence-electron chi connectivity index (χ0n) is 6.11. The third-order valence-electron chi connectivity index (χ3n) is 1.14. The number of rotatable bonds is 3. The second-order valence-electron chi connectivity index (χ2n) is 2.51. The smallest absolute Gasteiger partial charge is 0.323 e. The minimum Gasteiger partial charge on any atom is -0.323 e. The summed E-state index contributed by atoms with van der Waals surface area (Å²) < 4.78 is 12.0. The minimum atomic E-state index is -4.06. The molecule has 0 aromatic carbocycles. The van der Waals surface area contributed by atoms with Crippen molar-refractivity contribution < 1.29 is 14.4 Å². The average Bonchev–Trinajstić information content (AvgIpc) is 1.54. The van der Waals surface area contributed by atoms with Gasteiger partial charge in [-0.15, -0.1) is 0 Å². The molecule has 68 valence electrons. The Hall–Kier alpha value is 1.07. The standard InChI is InChI=1S/C4H10Br2NO3P/c1-3(2)4(7(5)6)11(8,9)10/h3-4H,1-2H3,(H2,8,9,10). The van der Waals surface area contributed by atoms with Gasteiger partial charge in [0.15, 0.2) is 0 Å². The predicted molar refractivity (Wildman–Crippen MR) is 50.4 cm³/mol. The molecule has 0 rings (SSSR count). The Morgan fingerprint density at radius 3 is 1.73 bits per heavy atom. The van der Waals surface area contributed by atoms with E-state index in [0.717, 1.165) is 0 Å². The molecule has 0 bridgehead atoms. The van der Waals surface area contributed by atoms with Crippen LogP contribution in [-0.4, -0.2) is 18.5 Å². The maximum atomic E-state index is 10.8. The minimum absolute atomic E-state index is 0.130. The lowest BCUT2D eigenvalue weighted by molar-refractivity contribution is 0.323. The summed E-state index contributed by atoms with van der Waals surface area (Å²) >= 11 is 5.87. The van der Waals surface area contributed by atoms with E-state index in [1.54, 1.807) is 13.8 Å². The summed E-state index contributed by atoms with van der Waals surface area (Å²) in [4.78, 5) is 17.7. The molecular formula is C4H10Br2NO3P. The van der Waals surface area contributed by atoms with Gasteiger partial charge in [-0.05, 0) is 5.92 Å². The highest BCUT2D eigenvalue weighted by atomic mass is 79.9. The van der Waals surface area contributed by atoms with E-state index in [-0.39, 0.29) is 5.92 Å². The Morgan fingerprint density at radius 2 is 1.73 bits per heavy atom. The molecule has 0 aliphatic carbocycles. The topological polar surface area (TPSA) is 60.8 Å². The van der Waals surface area contributed by atoms with Gasteiger partial charge in [0.05, 0.1) is 0 Å². The summed E-state index contributed by atoms with van der Waals surface area (Å²) in [7, 11) is -4.06. The van der Waals surface area contributed by atoms with Crippen LogP contribution in [0.1, 0.15) is 13.8 Å². The Morgan fingerprint density at radius 1 is 1.36 bits per heavy atom. The summed E-state index contributed by atoms with van der Waals surface area (Å²) in [6, 6.07) is 0. The second kappa shape index (κ2) is 4.35. The zero-order valence-corrected chi connectivity index (χ0v) is 10.2. The summed E-state index contributed by atoms with van der Waals surface area (Å²) in [5.74, 6) is -0.961. The van der Waals surface area contributed by atoms with Gasteiger partial charge in [0.1, 0.15) is 5.78 Å². The van der Waals surface area contributed by atoms with Crippen molar-refractivity contribution in [1.29, 1.82) is 0 Å². The molecule has 0 fully saturated rings. The van der Waals surface area contributed by atoms with Gasteiger partial charge in [-0.2, -0.15) is 2.95 Å². The first-order chi connectivity index (χ1) is 4.76. The van der Waals surface area contributed by atoms with E-state index in [0.29, 0.717) is 0 Å². The molecule has 0 radical (unpaired) electrons. The molecule has 2 N–H and O–H groups in total. The first-order valence-electron chi connectivity index (χ1n) is 2.93. The van der Waals surface area contributed by atoms with Crippen molar-refractivity contribution in [1.82, 2.24) is 2.95 Å². The fraction of sp³-hybridized carbons (Fsp3) is 1.00. The summed E-state index contributed by atoms with van der Waals surface area (Å²) in [5.41, 5.74) is 0. The van der Waals surface area contributed by atoms with Crippen LogP contribution < -0.4 is 0 Å². The number of hydrogen-bond acceptors (Lipinski definition) is 2. The molecule has 0 heterocycles. The fourth-order valence-corrected chi connectivity index (χ4v) is 4.11. The molecule has 0 saturated carbocycles. The lowest BCUT2D eigenvalue weighted by Gasteiger charge is -2.24. The normalized spacial score (nSPS) is 16.0. The monoisotopic (exact) mass is 309 g/mol. The van der Waals surface area contributed by atoms with Crippen molar-refractivity contribution in [2.45, 2.75) is 19.6 Å². The Bertz CT molecular complexity index is 161. The largest absolute Gasteiger partial charge is 0.344 e. The van der Waals surface area contributed by atoms with Gasteiger partial charge < -0.3 is 9.79 Å². The molecule has 1 unspecified atom stereocenters. The molecule has 4 nitrogen and oxygen atoms in total. The molecule has 0 spiro atoms. The SMILES string of the molecule is CC(C)C(N(Br)Br)P(=O)(O)O. The zero-order chi connectivity index (χ0) is 9.23. The van der Waals surface area contributed by atoms with E-state index in [1.807, 2.05) is 0 Å². The molecule has 0 aromatic heterocycles. The van der Waals surface area contributed by atoms with Gasteiger partial charge >= 0.3 is 7.60 Å². The molecule has 7 heteroatoms. The first-order valence-corrected chi connectivity index (χ1v) is 6.03. The third-order valence-corrected chi connectivity index (χ3v) is 4.17. The molecule has 0 amide bonds. The van der Waals surface area contributed by atoms with Crippen LogP contribution in [0.15, 0.2) is 0 Å². The van der Waals surface area contributed by atoms with E-state index in [9.17, 15) is 4.57 Å². The van der Waals surface area contributed by atoms with E-state index in [4.69, 9.17) is 9.79 Å². The number of nitrogens with zero attached hydrogens (tertiary/aromatic N) is 1. The summed E-state index contributed by atoms with van der Waals surface area (Å²) in [5, 5.41) is 0. The van der Waals surface area contributed by atoms with E-state index in [2.05, 4.69) is 32.3 Å². The molecule has 11 heavy (non-hydrogen) atoms. The van der Waals surface area contributed by atoms with Crippen LogP contribution in [-0.2, 0) is 4.57 Å². The molecule has 0 aliphatic rings. The van der Waals surface area contributed by atoms with Crippen LogP contribution in [0.25, 0.3) is 0 Å². The van der Waals surface area contributed by atoms with Gasteiger partial charge in [-0.3, -0.25) is 4.57 Å². The second-order valence-corrected chi connectivity index (χ2v) is 6.69. The molecule has 1 atom stereocenters. The van der Waals surface area contributed by atoms with Gasteiger partial charge in [0.25, 0.3) is 0 Å². The van der Waals surface area contributed by atoms with Crippen molar-refractivity contribution in [3.8, 4) is 0 Å². The van der Waals surface area contributed by atoms with Crippen LogP contribution in [0.5, 0.6) is 0 Å². The van der Waals surface area contributed by atoms with Crippen molar-refractivity contribution in [2.75, 3.05) is 0 Å². The highest BCUT2D eigenvalue weighted by Crippen LogP contribution is 2.48. The van der Waals surface area contributed by atoms with Crippen molar-refractivity contribution in [3.63, 3.8) is 0 Å². The van der Waals surface area contributed by atoms with Gasteiger partial charge in [0, 0.05) is 32.3 Å². The van der Waals surface area contributed by atoms with Gasteiger partial charge in [-0.25, -0.2) is 0 Å². The highest BCUT2D eigenvalue weighted by molar-refractivity contribution is 9.21. The molecular weight excluding hydrogens is 301 g/mol. The fourth-order valence-electron chi connectivity index (χ4n) is 0.727. The third kappa shape index (κ3) is 4.01. The number of hydrogen-bond donors (Lipinski definition) is 2. The van der Waals surface area contributed by atoms with Crippen molar-refractivity contribution in [3.05, 3.63) is 0 Å². The van der Waals surface area contributed by atoms with E-state index < -0.39 is 13.4 Å². The maximum absolute atomic E-state index is 10.8. The van der Waals surface area contributed by atoms with Crippen LogP contribution in [0.3, 0.4) is 0 Å². The number of halogens is 2. The first kappa shape index (κ1) is 12.1. The molecule has 0 aromatic rings. The summed E-state index contributed by atoms with van der Waals surface area (Å²) in [6.45, 7) is 3.47. The molecule has 0 aliphatic heterocycles. The van der Waals surface area contributed by atoms with Crippen LogP contribution in [0, 0.1) is 5.92 Å². The predicted octanol–water partition coefficient (Wildman–Crippen LogP) is 2.07. The average molecular weight is 311 g/mol. The van der Waals surface area contributed by atoms with Gasteiger partial charge in [-0.1, -0.05) is 13.8 Å². The quantitative estimate of drug-likeness (QED) is 0.619. The Labute approximate surface area is 82.8 Å². The van der Waals surface area contributed by atoms with Gasteiger partial charge in [0.2, 0.25) is 0 Å². The summed E-state index contributed by atoms with van der Waals surface area (Å²) in [6.07, 6.45) is 0. The van der Waals surface area contributed by atoms with Crippen LogP contribution in [0.2, 0.25) is 0 Å². The van der Waals surface area contributed by atoms with E-state index in [1.165, 1.54) is 2.95 Å². The lowest BCUT2D eigenvalue weighted by atomic mass is 10.2. The molecule has 0 saturated heterocycles. The lowest BCUT2D eigenvalue weighted by Crippen LogP contribution is -2.24. The highest BCUT2D eigenvalue weighted by Gasteiger charge is 2.35. The van der Waals surface area contributed by atoms with Crippen LogP contribution in [0.4, 0.5) is 0 Å². The maximum Gasteiger partial charge on any atom is 0.344 e. The van der Waals surface area contributed by atoms with Crippen molar-refractivity contribution >= 4 is 39.9 Å². The van der Waals surface area contributed by atoms with E-state index >= 15 is 0 Å².